The lowest BCUT2D eigenvalue weighted by molar-refractivity contribution is 0.0695. The molecule has 0 aromatic carbocycles. The smallest absolute Gasteiger partial charge is 0.339 e. The number of pyridine rings is 1. The molecular formula is C8H8ClNO3. The number of aromatic nitrogens is 1. The van der Waals surface area contributed by atoms with Crippen LogP contribution in [0.4, 0.5) is 0 Å². The summed E-state index contributed by atoms with van der Waals surface area (Å²) in [5.74, 6) is -1.12. The van der Waals surface area contributed by atoms with E-state index < -0.39 is 5.97 Å². The van der Waals surface area contributed by atoms with E-state index in [0.717, 1.165) is 0 Å². The van der Waals surface area contributed by atoms with E-state index in [1.165, 1.54) is 12.3 Å². The average Bonchev–Trinajstić information content (AvgIpc) is 2.04. The second kappa shape index (κ2) is 4.20. The molecule has 0 spiro atoms. The summed E-state index contributed by atoms with van der Waals surface area (Å²) in [6.45, 7) is -0.110. The molecule has 0 saturated heterocycles. The highest BCUT2D eigenvalue weighted by Crippen LogP contribution is 2.17. The SMILES string of the molecule is O=C(O)c1c(CCO)ccnc1Cl. The number of aliphatic hydroxyl groups excluding tert-OH is 1. The third-order valence-corrected chi connectivity index (χ3v) is 1.87. The molecule has 4 nitrogen and oxygen atoms in total. The molecule has 0 aliphatic rings. The predicted molar refractivity (Wildman–Crippen MR) is 47.0 cm³/mol. The zero-order valence-corrected chi connectivity index (χ0v) is 7.45. The van der Waals surface area contributed by atoms with Crippen LogP contribution in [0.25, 0.3) is 0 Å². The molecule has 0 unspecified atom stereocenters. The Kier molecular flexibility index (Phi) is 3.22. The van der Waals surface area contributed by atoms with Gasteiger partial charge in [0, 0.05) is 12.8 Å². The van der Waals surface area contributed by atoms with Crippen molar-refractivity contribution in [3.05, 3.63) is 28.5 Å². The molecule has 5 heteroatoms. The number of nitrogens with zero attached hydrogens (tertiary/aromatic N) is 1. The molecule has 1 rings (SSSR count). The summed E-state index contributed by atoms with van der Waals surface area (Å²) >= 11 is 5.59. The first-order valence-electron chi connectivity index (χ1n) is 3.64. The van der Waals surface area contributed by atoms with Crippen LogP contribution in [0.3, 0.4) is 0 Å². The number of hydrogen-bond acceptors (Lipinski definition) is 3. The van der Waals surface area contributed by atoms with Crippen LogP contribution in [-0.2, 0) is 6.42 Å². The van der Waals surface area contributed by atoms with Gasteiger partial charge in [0.15, 0.2) is 0 Å². The maximum absolute atomic E-state index is 10.7. The Balaban J connectivity index is 3.17. The summed E-state index contributed by atoms with van der Waals surface area (Å²) in [7, 11) is 0. The number of carboxylic acids is 1. The van der Waals surface area contributed by atoms with Crippen molar-refractivity contribution in [1.82, 2.24) is 4.98 Å². The van der Waals surface area contributed by atoms with E-state index in [1.54, 1.807) is 0 Å². The van der Waals surface area contributed by atoms with Crippen LogP contribution in [0, 0.1) is 0 Å². The number of aromatic carboxylic acids is 1. The third kappa shape index (κ3) is 2.17. The number of carboxylic acid groups (broad SMARTS) is 1. The van der Waals surface area contributed by atoms with Crippen molar-refractivity contribution in [3.8, 4) is 0 Å². The summed E-state index contributed by atoms with van der Waals surface area (Å²) in [5, 5.41) is 17.4. The summed E-state index contributed by atoms with van der Waals surface area (Å²) in [5.41, 5.74) is 0.466. The number of aliphatic hydroxyl groups is 1. The fourth-order valence-electron chi connectivity index (χ4n) is 1.03. The number of hydrogen-bond donors (Lipinski definition) is 2. The van der Waals surface area contributed by atoms with Crippen LogP contribution < -0.4 is 0 Å². The minimum Gasteiger partial charge on any atom is -0.478 e. The minimum atomic E-state index is -1.12. The quantitative estimate of drug-likeness (QED) is 0.715. The van der Waals surface area contributed by atoms with Crippen molar-refractivity contribution < 1.29 is 15.0 Å². The first-order valence-corrected chi connectivity index (χ1v) is 4.02. The molecule has 0 atom stereocenters. The van der Waals surface area contributed by atoms with Crippen molar-refractivity contribution in [2.24, 2.45) is 0 Å². The summed E-state index contributed by atoms with van der Waals surface area (Å²) < 4.78 is 0. The van der Waals surface area contributed by atoms with Gasteiger partial charge in [-0.1, -0.05) is 11.6 Å². The van der Waals surface area contributed by atoms with Crippen LogP contribution >= 0.6 is 11.6 Å². The van der Waals surface area contributed by atoms with Gasteiger partial charge < -0.3 is 10.2 Å². The molecule has 0 amide bonds. The van der Waals surface area contributed by atoms with Crippen molar-refractivity contribution in [2.45, 2.75) is 6.42 Å². The van der Waals surface area contributed by atoms with E-state index in [0.29, 0.717) is 5.56 Å². The fraction of sp³-hybridized carbons (Fsp3) is 0.250. The number of rotatable bonds is 3. The Morgan fingerprint density at radius 1 is 1.62 bits per heavy atom. The van der Waals surface area contributed by atoms with Gasteiger partial charge in [0.25, 0.3) is 0 Å². The highest BCUT2D eigenvalue weighted by Gasteiger charge is 2.14. The van der Waals surface area contributed by atoms with Crippen LogP contribution in [0.5, 0.6) is 0 Å². The fourth-order valence-corrected chi connectivity index (χ4v) is 1.29. The van der Waals surface area contributed by atoms with Gasteiger partial charge >= 0.3 is 5.97 Å². The first-order chi connectivity index (χ1) is 6.16. The lowest BCUT2D eigenvalue weighted by Gasteiger charge is -2.04. The van der Waals surface area contributed by atoms with Gasteiger partial charge in [-0.25, -0.2) is 9.78 Å². The molecule has 0 fully saturated rings. The Hall–Kier alpha value is -1.13. The van der Waals surface area contributed by atoms with Gasteiger partial charge in [-0.05, 0) is 18.1 Å². The van der Waals surface area contributed by atoms with Crippen LogP contribution in [0.15, 0.2) is 12.3 Å². The highest BCUT2D eigenvalue weighted by atomic mass is 35.5. The number of halogens is 1. The minimum absolute atomic E-state index is 0.0294. The maximum atomic E-state index is 10.7. The Labute approximate surface area is 79.8 Å². The molecule has 1 aromatic rings. The maximum Gasteiger partial charge on any atom is 0.339 e. The molecule has 2 N–H and O–H groups in total. The standard InChI is InChI=1S/C8H8ClNO3/c9-7-6(8(12)13)5(2-4-11)1-3-10-7/h1,3,11H,2,4H2,(H,12,13). The predicted octanol–water partition coefficient (Wildman–Crippen LogP) is 0.968. The molecule has 13 heavy (non-hydrogen) atoms. The van der Waals surface area contributed by atoms with Crippen molar-refractivity contribution in [2.75, 3.05) is 6.61 Å². The summed E-state index contributed by atoms with van der Waals surface area (Å²) in [6, 6.07) is 1.53. The van der Waals surface area contributed by atoms with E-state index in [9.17, 15) is 4.79 Å². The van der Waals surface area contributed by atoms with Gasteiger partial charge in [0.2, 0.25) is 0 Å². The first kappa shape index (κ1) is 9.95. The van der Waals surface area contributed by atoms with E-state index in [2.05, 4.69) is 4.98 Å². The van der Waals surface area contributed by atoms with Crippen LogP contribution in [-0.4, -0.2) is 27.8 Å². The molecule has 0 bridgehead atoms. The van der Waals surface area contributed by atoms with E-state index >= 15 is 0 Å². The van der Waals surface area contributed by atoms with Gasteiger partial charge in [0.1, 0.15) is 10.7 Å². The lowest BCUT2D eigenvalue weighted by atomic mass is 10.1. The second-order valence-corrected chi connectivity index (χ2v) is 2.77. The number of carbonyl (C=O) groups is 1. The third-order valence-electron chi connectivity index (χ3n) is 1.59. The molecule has 1 aromatic heterocycles. The van der Waals surface area contributed by atoms with Gasteiger partial charge in [-0.15, -0.1) is 0 Å². The molecule has 0 radical (unpaired) electrons. The van der Waals surface area contributed by atoms with E-state index in [4.69, 9.17) is 21.8 Å². The molecule has 70 valence electrons. The van der Waals surface area contributed by atoms with Crippen LogP contribution in [0.1, 0.15) is 15.9 Å². The Morgan fingerprint density at radius 2 is 2.31 bits per heavy atom. The molecular weight excluding hydrogens is 194 g/mol. The topological polar surface area (TPSA) is 70.4 Å². The summed E-state index contributed by atoms with van der Waals surface area (Å²) in [4.78, 5) is 14.4. The van der Waals surface area contributed by atoms with E-state index in [-0.39, 0.29) is 23.7 Å². The van der Waals surface area contributed by atoms with Crippen molar-refractivity contribution >= 4 is 17.6 Å². The lowest BCUT2D eigenvalue weighted by Crippen LogP contribution is -2.06. The summed E-state index contributed by atoms with van der Waals surface area (Å²) in [6.07, 6.45) is 1.68. The van der Waals surface area contributed by atoms with Gasteiger partial charge in [-0.3, -0.25) is 0 Å². The second-order valence-electron chi connectivity index (χ2n) is 2.41. The Morgan fingerprint density at radius 3 is 2.85 bits per heavy atom. The normalized spacial score (nSPS) is 10.0. The van der Waals surface area contributed by atoms with Gasteiger partial charge in [0.05, 0.1) is 0 Å². The van der Waals surface area contributed by atoms with Crippen molar-refractivity contribution in [1.29, 1.82) is 0 Å². The molecule has 0 aliphatic carbocycles. The Bertz CT molecular complexity index is 327. The van der Waals surface area contributed by atoms with Crippen molar-refractivity contribution in [3.63, 3.8) is 0 Å². The highest BCUT2D eigenvalue weighted by molar-refractivity contribution is 6.32. The van der Waals surface area contributed by atoms with E-state index in [1.807, 2.05) is 0 Å². The van der Waals surface area contributed by atoms with Gasteiger partial charge in [-0.2, -0.15) is 0 Å². The zero-order chi connectivity index (χ0) is 9.84. The largest absolute Gasteiger partial charge is 0.478 e. The zero-order valence-electron chi connectivity index (χ0n) is 6.70. The van der Waals surface area contributed by atoms with Crippen LogP contribution in [0.2, 0.25) is 5.15 Å². The monoisotopic (exact) mass is 201 g/mol. The molecule has 1 heterocycles. The average molecular weight is 202 g/mol. The molecule has 0 aliphatic heterocycles. The molecule has 0 saturated carbocycles.